The molecule has 23 heavy (non-hydrogen) atoms. The van der Waals surface area contributed by atoms with Gasteiger partial charge in [0.05, 0.1) is 10.0 Å². The first-order chi connectivity index (χ1) is 10.1. The van der Waals surface area contributed by atoms with Crippen molar-refractivity contribution in [2.45, 2.75) is 23.9 Å². The normalized spacial score (nSPS) is 16.1. The largest absolute Gasteiger partial charge is 0.457 e. The predicted molar refractivity (Wildman–Crippen MR) is 61.1 cm³/mol. The minimum Gasteiger partial charge on any atom is -0.221 e. The molecule has 1 N–H and O–H groups in total. The molecular formula is C10H3Cl2F9N2. The summed E-state index contributed by atoms with van der Waals surface area (Å²) < 4.78 is 116. The zero-order chi connectivity index (χ0) is 18.4. The van der Waals surface area contributed by atoms with Crippen molar-refractivity contribution >= 4 is 28.9 Å². The Morgan fingerprint density at radius 1 is 0.783 bits per heavy atom. The highest BCUT2D eigenvalue weighted by molar-refractivity contribution is 6.38. The molecule has 0 aliphatic rings. The Morgan fingerprint density at radius 3 is 1.43 bits per heavy atom. The molecule has 1 atom stereocenters. The molecule has 1 aromatic rings. The second kappa shape index (κ2) is 5.69. The van der Waals surface area contributed by atoms with Crippen LogP contribution in [0.5, 0.6) is 0 Å². The van der Waals surface area contributed by atoms with Gasteiger partial charge in [-0.15, -0.1) is 0 Å². The monoisotopic (exact) mass is 392 g/mol. The zero-order valence-electron chi connectivity index (χ0n) is 10.3. The summed E-state index contributed by atoms with van der Waals surface area (Å²) in [6.07, 6.45) is -13.5. The molecule has 0 amide bonds. The number of rotatable bonds is 3. The Bertz CT molecular complexity index is 603. The lowest BCUT2D eigenvalue weighted by Crippen LogP contribution is -2.59. The topological polar surface area (TPSA) is 36.2 Å². The van der Waals surface area contributed by atoms with Crippen LogP contribution in [0.4, 0.5) is 45.2 Å². The molecule has 0 saturated carbocycles. The third-order valence-corrected chi connectivity index (χ3v) is 3.28. The van der Waals surface area contributed by atoms with E-state index in [0.29, 0.717) is 0 Å². The highest BCUT2D eigenvalue weighted by Gasteiger charge is 2.81. The van der Waals surface area contributed by atoms with E-state index in [1.165, 1.54) is 0 Å². The summed E-state index contributed by atoms with van der Waals surface area (Å²) in [5, 5.41) is 0.623. The van der Waals surface area contributed by atoms with Gasteiger partial charge in [-0.1, -0.05) is 23.2 Å². The summed E-state index contributed by atoms with van der Waals surface area (Å²) in [4.78, 5) is 0. The highest BCUT2D eigenvalue weighted by atomic mass is 35.5. The van der Waals surface area contributed by atoms with Gasteiger partial charge in [0.15, 0.2) is 0 Å². The van der Waals surface area contributed by atoms with Crippen molar-refractivity contribution in [2.75, 3.05) is 0 Å². The van der Waals surface area contributed by atoms with Crippen molar-refractivity contribution in [3.8, 4) is 0 Å². The summed E-state index contributed by atoms with van der Waals surface area (Å²) in [5.74, 6) is -6.83. The Morgan fingerprint density at radius 2 is 1.17 bits per heavy atom. The number of halogens is 11. The number of hydrogen-bond donors (Lipinski definition) is 1. The van der Waals surface area contributed by atoms with Gasteiger partial charge >= 0.3 is 23.9 Å². The van der Waals surface area contributed by atoms with Crippen molar-refractivity contribution in [2.24, 2.45) is 5.11 Å². The Kier molecular flexibility index (Phi) is 4.90. The van der Waals surface area contributed by atoms with E-state index in [1.54, 1.807) is 0 Å². The van der Waals surface area contributed by atoms with E-state index in [1.807, 2.05) is 0 Å². The van der Waals surface area contributed by atoms with Crippen LogP contribution in [0, 0.1) is 5.53 Å². The average molecular weight is 393 g/mol. The Hall–Kier alpha value is -1.23. The fourth-order valence-electron chi connectivity index (χ4n) is 1.59. The molecule has 1 unspecified atom stereocenters. The van der Waals surface area contributed by atoms with Crippen molar-refractivity contribution in [1.82, 2.24) is 0 Å². The fraction of sp³-hybridized carbons (Fsp3) is 0.400. The Labute approximate surface area is 131 Å². The van der Waals surface area contributed by atoms with Crippen LogP contribution in [0.1, 0.15) is 5.56 Å². The van der Waals surface area contributed by atoms with Crippen LogP contribution in [0.25, 0.3) is 0 Å². The molecule has 130 valence electrons. The smallest absolute Gasteiger partial charge is 0.221 e. The average Bonchev–Trinajstić information content (AvgIpc) is 2.34. The minimum absolute atomic E-state index is 0.145. The molecule has 0 aliphatic carbocycles. The van der Waals surface area contributed by atoms with Gasteiger partial charge in [-0.2, -0.15) is 40.2 Å². The molecule has 0 radical (unpaired) electrons. The van der Waals surface area contributed by atoms with Gasteiger partial charge in [0.1, 0.15) is 5.69 Å². The second-order valence-corrected chi connectivity index (χ2v) is 4.94. The summed E-state index contributed by atoms with van der Waals surface area (Å²) >= 11 is 10.6. The molecular weight excluding hydrogens is 390 g/mol. The maximum absolute atomic E-state index is 14.1. The van der Waals surface area contributed by atoms with Crippen LogP contribution < -0.4 is 0 Å². The first kappa shape index (κ1) is 19.8. The van der Waals surface area contributed by atoms with Crippen LogP contribution in [0.15, 0.2) is 17.2 Å². The molecule has 0 aromatic heterocycles. The van der Waals surface area contributed by atoms with Gasteiger partial charge in [-0.05, 0) is 12.1 Å². The van der Waals surface area contributed by atoms with Gasteiger partial charge in [-0.3, -0.25) is 0 Å². The molecule has 0 bridgehead atoms. The van der Waals surface area contributed by atoms with Gasteiger partial charge in [0.25, 0.3) is 0 Å². The summed E-state index contributed by atoms with van der Waals surface area (Å²) in [6.45, 7) is 0. The number of benzene rings is 1. The van der Waals surface area contributed by atoms with E-state index in [0.717, 1.165) is 0 Å². The molecule has 1 rings (SSSR count). The van der Waals surface area contributed by atoms with E-state index in [4.69, 9.17) is 28.7 Å². The van der Waals surface area contributed by atoms with E-state index in [-0.39, 0.29) is 12.1 Å². The van der Waals surface area contributed by atoms with E-state index in [2.05, 4.69) is 5.11 Å². The number of alkyl halides is 9. The first-order valence-electron chi connectivity index (χ1n) is 5.18. The lowest BCUT2D eigenvalue weighted by atomic mass is 9.87. The SMILES string of the molecule is N=Nc1c(Cl)cc(C(F)(C(F)(F)F)C(F)(F)C(F)(F)F)cc1Cl. The van der Waals surface area contributed by atoms with Crippen LogP contribution >= 0.6 is 23.2 Å². The van der Waals surface area contributed by atoms with E-state index >= 15 is 0 Å². The molecule has 0 saturated heterocycles. The van der Waals surface area contributed by atoms with Gasteiger partial charge in [0.2, 0.25) is 0 Å². The van der Waals surface area contributed by atoms with Gasteiger partial charge in [-0.25, -0.2) is 9.92 Å². The van der Waals surface area contributed by atoms with E-state index in [9.17, 15) is 39.5 Å². The molecule has 0 fully saturated rings. The fourth-order valence-corrected chi connectivity index (χ4v) is 2.16. The van der Waals surface area contributed by atoms with Crippen molar-refractivity contribution in [3.63, 3.8) is 0 Å². The quantitative estimate of drug-likeness (QED) is 0.445. The van der Waals surface area contributed by atoms with Crippen LogP contribution in [-0.2, 0) is 5.67 Å². The lowest BCUT2D eigenvalue weighted by Gasteiger charge is -2.36. The lowest BCUT2D eigenvalue weighted by molar-refractivity contribution is -0.389. The molecule has 2 nitrogen and oxygen atoms in total. The molecule has 0 aliphatic heterocycles. The molecule has 13 heteroatoms. The van der Waals surface area contributed by atoms with Crippen LogP contribution in [0.3, 0.4) is 0 Å². The molecule has 0 spiro atoms. The summed E-state index contributed by atoms with van der Waals surface area (Å²) in [6, 6.07) is -0.290. The number of hydrogen-bond acceptors (Lipinski definition) is 2. The van der Waals surface area contributed by atoms with Crippen molar-refractivity contribution in [1.29, 1.82) is 5.53 Å². The standard InChI is InChI=1S/C10H3Cl2F9N2/c11-4-1-3(2-5(12)6(4)23-22)7(13,9(16,17)18)8(14,15)10(19,20)21/h1-2,22H. The van der Waals surface area contributed by atoms with Crippen LogP contribution in [-0.4, -0.2) is 18.3 Å². The van der Waals surface area contributed by atoms with Crippen molar-refractivity contribution in [3.05, 3.63) is 27.7 Å². The first-order valence-corrected chi connectivity index (χ1v) is 5.94. The van der Waals surface area contributed by atoms with Crippen molar-refractivity contribution < 1.29 is 39.5 Å². The maximum Gasteiger partial charge on any atom is 0.457 e. The van der Waals surface area contributed by atoms with Gasteiger partial charge < -0.3 is 0 Å². The van der Waals surface area contributed by atoms with Crippen LogP contribution in [0.2, 0.25) is 10.0 Å². The van der Waals surface area contributed by atoms with Gasteiger partial charge in [0, 0.05) is 5.56 Å². The maximum atomic E-state index is 14.1. The Balaban J connectivity index is 3.80. The zero-order valence-corrected chi connectivity index (χ0v) is 11.8. The highest BCUT2D eigenvalue weighted by Crippen LogP contribution is 2.59. The van der Waals surface area contributed by atoms with E-state index < -0.39 is 45.2 Å². The molecule has 0 heterocycles. The molecule has 1 aromatic carbocycles. The third kappa shape index (κ3) is 2.95. The third-order valence-electron chi connectivity index (χ3n) is 2.71. The summed E-state index contributed by atoms with van der Waals surface area (Å²) in [5.41, 5.74) is -2.43. The second-order valence-electron chi connectivity index (χ2n) is 4.13. The summed E-state index contributed by atoms with van der Waals surface area (Å²) in [7, 11) is 0. The predicted octanol–water partition coefficient (Wildman–Crippen LogP) is 6.58. The number of nitrogens with one attached hydrogen (secondary N) is 1. The minimum atomic E-state index is -6.85. The number of nitrogens with zero attached hydrogens (tertiary/aromatic N) is 1.